The summed E-state index contributed by atoms with van der Waals surface area (Å²) >= 11 is 12.7. The molecule has 154 valence electrons. The summed E-state index contributed by atoms with van der Waals surface area (Å²) in [6.45, 7) is 3.88. The second-order valence-corrected chi connectivity index (χ2v) is 8.12. The molecule has 0 atom stereocenters. The molecule has 0 amide bonds. The molecule has 0 saturated carbocycles. The van der Waals surface area contributed by atoms with Gasteiger partial charge in [0, 0.05) is 30.1 Å². The third kappa shape index (κ3) is 5.14. The van der Waals surface area contributed by atoms with Crippen molar-refractivity contribution < 1.29 is 4.74 Å². The van der Waals surface area contributed by atoms with Crippen LogP contribution >= 0.6 is 23.2 Å². The molecule has 2 N–H and O–H groups in total. The van der Waals surface area contributed by atoms with Crippen molar-refractivity contribution in [1.29, 1.82) is 0 Å². The summed E-state index contributed by atoms with van der Waals surface area (Å²) in [7, 11) is 0. The van der Waals surface area contributed by atoms with E-state index in [4.69, 9.17) is 27.9 Å². The van der Waals surface area contributed by atoms with Crippen molar-refractivity contribution >= 4 is 34.2 Å². The molecule has 4 nitrogen and oxygen atoms in total. The maximum absolute atomic E-state index is 6.43. The number of hydrogen-bond acceptors (Lipinski definition) is 3. The second-order valence-electron chi connectivity index (χ2n) is 7.28. The van der Waals surface area contributed by atoms with Crippen molar-refractivity contribution in [2.24, 2.45) is 0 Å². The van der Waals surface area contributed by atoms with Crippen LogP contribution in [0.5, 0.6) is 5.75 Å². The molecule has 0 unspecified atom stereocenters. The van der Waals surface area contributed by atoms with Crippen molar-refractivity contribution in [1.82, 2.24) is 15.3 Å². The van der Waals surface area contributed by atoms with Gasteiger partial charge in [-0.05, 0) is 36.8 Å². The normalized spacial score (nSPS) is 11.2. The highest BCUT2D eigenvalue weighted by atomic mass is 35.5. The number of imidazole rings is 1. The quantitative estimate of drug-likeness (QED) is 0.326. The molecule has 0 radical (unpaired) electrons. The minimum atomic E-state index is 0.452. The number of rotatable bonds is 8. The van der Waals surface area contributed by atoms with Crippen molar-refractivity contribution in [3.8, 4) is 5.75 Å². The molecular weight excluding hydrogens is 417 g/mol. The molecule has 1 aromatic heterocycles. The van der Waals surface area contributed by atoms with E-state index in [1.807, 2.05) is 30.3 Å². The first kappa shape index (κ1) is 20.7. The van der Waals surface area contributed by atoms with Crippen molar-refractivity contribution in [3.05, 3.63) is 93.2 Å². The summed E-state index contributed by atoms with van der Waals surface area (Å²) in [4.78, 5) is 7.96. The van der Waals surface area contributed by atoms with Gasteiger partial charge in [-0.2, -0.15) is 0 Å². The zero-order chi connectivity index (χ0) is 20.9. The Morgan fingerprint density at radius 2 is 1.83 bits per heavy atom. The van der Waals surface area contributed by atoms with Gasteiger partial charge in [0.25, 0.3) is 0 Å². The fraction of sp³-hybridized carbons (Fsp3) is 0.208. The van der Waals surface area contributed by atoms with Crippen LogP contribution in [0, 0.1) is 6.92 Å². The summed E-state index contributed by atoms with van der Waals surface area (Å²) in [6, 6.07) is 19.9. The molecule has 0 fully saturated rings. The number of halogens is 2. The lowest BCUT2D eigenvalue weighted by Crippen LogP contribution is -2.18. The third-order valence-corrected chi connectivity index (χ3v) is 5.38. The number of hydrogen-bond donors (Lipinski definition) is 2. The van der Waals surface area contributed by atoms with Gasteiger partial charge in [-0.1, -0.05) is 65.2 Å². The van der Waals surface area contributed by atoms with E-state index in [9.17, 15) is 0 Å². The van der Waals surface area contributed by atoms with Crippen LogP contribution in [-0.4, -0.2) is 16.5 Å². The number of para-hydroxylation sites is 2. The van der Waals surface area contributed by atoms with E-state index in [1.165, 1.54) is 5.56 Å². The smallest absolute Gasteiger partial charge is 0.142 e. The number of aromatic nitrogens is 2. The molecular formula is C24H23Cl2N3O. The monoisotopic (exact) mass is 439 g/mol. The fourth-order valence-electron chi connectivity index (χ4n) is 3.30. The summed E-state index contributed by atoms with van der Waals surface area (Å²) in [5, 5.41) is 4.55. The van der Waals surface area contributed by atoms with E-state index in [2.05, 4.69) is 46.5 Å². The number of nitrogens with zero attached hydrogens (tertiary/aromatic N) is 1. The molecule has 30 heavy (non-hydrogen) atoms. The average molecular weight is 440 g/mol. The Morgan fingerprint density at radius 1 is 1.03 bits per heavy atom. The van der Waals surface area contributed by atoms with Crippen LogP contribution in [0.15, 0.2) is 60.7 Å². The lowest BCUT2D eigenvalue weighted by molar-refractivity contribution is 0.302. The van der Waals surface area contributed by atoms with E-state index in [-0.39, 0.29) is 0 Å². The topological polar surface area (TPSA) is 49.9 Å². The molecule has 6 heteroatoms. The van der Waals surface area contributed by atoms with Gasteiger partial charge in [0.05, 0.1) is 16.1 Å². The van der Waals surface area contributed by atoms with Crippen molar-refractivity contribution in [2.45, 2.75) is 26.5 Å². The number of benzene rings is 3. The molecule has 0 aliphatic heterocycles. The minimum Gasteiger partial charge on any atom is -0.487 e. The predicted octanol–water partition coefficient (Wildman–Crippen LogP) is 6.09. The molecule has 0 aliphatic rings. The van der Waals surface area contributed by atoms with Gasteiger partial charge in [0.15, 0.2) is 0 Å². The number of ether oxygens (including phenoxy) is 1. The van der Waals surface area contributed by atoms with Crippen LogP contribution in [0.1, 0.15) is 22.5 Å². The Bertz CT molecular complexity index is 1110. The second kappa shape index (κ2) is 9.52. The van der Waals surface area contributed by atoms with E-state index >= 15 is 0 Å². The SMILES string of the molecule is Cc1ccc(COc2c(Cl)cc(Cl)cc2CNCCc2nc3ccccc3[nH]2)cc1. The Morgan fingerprint density at radius 3 is 2.63 bits per heavy atom. The lowest BCUT2D eigenvalue weighted by Gasteiger charge is -2.15. The highest BCUT2D eigenvalue weighted by Crippen LogP contribution is 2.33. The molecule has 0 aliphatic carbocycles. The van der Waals surface area contributed by atoms with Gasteiger partial charge >= 0.3 is 0 Å². The summed E-state index contributed by atoms with van der Waals surface area (Å²) in [5.41, 5.74) is 5.29. The van der Waals surface area contributed by atoms with Crippen LogP contribution in [0.3, 0.4) is 0 Å². The number of aryl methyl sites for hydroxylation is 1. The molecule has 1 heterocycles. The molecule has 0 bridgehead atoms. The summed E-state index contributed by atoms with van der Waals surface area (Å²) in [6.07, 6.45) is 0.794. The van der Waals surface area contributed by atoms with Crippen molar-refractivity contribution in [2.75, 3.05) is 6.54 Å². The van der Waals surface area contributed by atoms with Crippen molar-refractivity contribution in [3.63, 3.8) is 0 Å². The van der Waals surface area contributed by atoms with Gasteiger partial charge in [-0.15, -0.1) is 0 Å². The van der Waals surface area contributed by atoms with E-state index in [0.717, 1.165) is 41.0 Å². The standard InChI is InChI=1S/C24H23Cl2N3O/c1-16-6-8-17(9-7-16)15-30-24-18(12-19(25)13-20(24)26)14-27-11-10-23-28-21-4-2-3-5-22(21)29-23/h2-9,12-13,27H,10-11,14-15H2,1H3,(H,28,29). The maximum Gasteiger partial charge on any atom is 0.142 e. The third-order valence-electron chi connectivity index (χ3n) is 4.88. The van der Waals surface area contributed by atoms with E-state index in [0.29, 0.717) is 28.9 Å². The molecule has 3 aromatic carbocycles. The fourth-order valence-corrected chi connectivity index (χ4v) is 3.89. The van der Waals surface area contributed by atoms with Crippen LogP contribution in [0.25, 0.3) is 11.0 Å². The van der Waals surface area contributed by atoms with Gasteiger partial charge in [0.2, 0.25) is 0 Å². The highest BCUT2D eigenvalue weighted by molar-refractivity contribution is 6.35. The van der Waals surface area contributed by atoms with Gasteiger partial charge in [0.1, 0.15) is 18.2 Å². The van der Waals surface area contributed by atoms with Gasteiger partial charge < -0.3 is 15.0 Å². The van der Waals surface area contributed by atoms with Crippen LogP contribution < -0.4 is 10.1 Å². The molecule has 0 saturated heterocycles. The first-order valence-electron chi connectivity index (χ1n) is 9.89. The van der Waals surface area contributed by atoms with Gasteiger partial charge in [-0.3, -0.25) is 0 Å². The minimum absolute atomic E-state index is 0.452. The Labute approximate surface area is 186 Å². The summed E-state index contributed by atoms with van der Waals surface area (Å²) in [5.74, 6) is 1.63. The number of H-pyrrole nitrogens is 1. The Kier molecular flexibility index (Phi) is 6.58. The number of fused-ring (bicyclic) bond motifs is 1. The number of aromatic amines is 1. The molecule has 4 aromatic rings. The summed E-state index contributed by atoms with van der Waals surface area (Å²) < 4.78 is 6.05. The number of nitrogens with one attached hydrogen (secondary N) is 2. The first-order chi connectivity index (χ1) is 14.6. The van der Waals surface area contributed by atoms with Gasteiger partial charge in [-0.25, -0.2) is 4.98 Å². The maximum atomic E-state index is 6.43. The van der Waals surface area contributed by atoms with E-state index in [1.54, 1.807) is 6.07 Å². The molecule has 4 rings (SSSR count). The largest absolute Gasteiger partial charge is 0.487 e. The van der Waals surface area contributed by atoms with Crippen LogP contribution in [0.4, 0.5) is 0 Å². The van der Waals surface area contributed by atoms with Crippen LogP contribution in [0.2, 0.25) is 10.0 Å². The zero-order valence-corrected chi connectivity index (χ0v) is 18.2. The van der Waals surface area contributed by atoms with E-state index < -0.39 is 0 Å². The Balaban J connectivity index is 1.38. The van der Waals surface area contributed by atoms with Crippen LogP contribution in [-0.2, 0) is 19.6 Å². The highest BCUT2D eigenvalue weighted by Gasteiger charge is 2.11. The first-order valence-corrected chi connectivity index (χ1v) is 10.6. The predicted molar refractivity (Wildman–Crippen MR) is 123 cm³/mol. The Hall–Kier alpha value is -2.53. The molecule has 0 spiro atoms. The zero-order valence-electron chi connectivity index (χ0n) is 16.7. The lowest BCUT2D eigenvalue weighted by atomic mass is 10.1. The average Bonchev–Trinajstić information content (AvgIpc) is 3.14.